The zero-order valence-corrected chi connectivity index (χ0v) is 9.94. The zero-order valence-electron chi connectivity index (χ0n) is 6.92. The Morgan fingerprint density at radius 3 is 1.77 bits per heavy atom. The average Bonchev–Trinajstić information content (AvgIpc) is 2.13. The SMILES string of the molecule is COc1c(C)c(Cl)c(Cl)c(Cl)c1Cl. The quantitative estimate of drug-likeness (QED) is 0.528. The molecule has 0 radical (unpaired) electrons. The largest absolute Gasteiger partial charge is 0.495 e. The summed E-state index contributed by atoms with van der Waals surface area (Å²) in [5.41, 5.74) is 0.684. The lowest BCUT2D eigenvalue weighted by Crippen LogP contribution is -1.91. The minimum Gasteiger partial charge on any atom is -0.495 e. The standard InChI is InChI=1S/C8H6Cl4O/c1-3-4(9)5(10)6(11)7(12)8(3)13-2/h1-2H3. The van der Waals surface area contributed by atoms with Gasteiger partial charge in [-0.05, 0) is 6.92 Å². The molecule has 0 bridgehead atoms. The van der Waals surface area contributed by atoms with Crippen molar-refractivity contribution in [1.82, 2.24) is 0 Å². The van der Waals surface area contributed by atoms with Crippen LogP contribution in [0.5, 0.6) is 5.75 Å². The van der Waals surface area contributed by atoms with Gasteiger partial charge < -0.3 is 4.74 Å². The molecule has 0 fully saturated rings. The Bertz CT molecular complexity index is 319. The van der Waals surface area contributed by atoms with E-state index >= 15 is 0 Å². The molecule has 1 rings (SSSR count). The van der Waals surface area contributed by atoms with Crippen LogP contribution < -0.4 is 4.74 Å². The van der Waals surface area contributed by atoms with Crippen molar-refractivity contribution >= 4 is 46.4 Å². The van der Waals surface area contributed by atoms with Gasteiger partial charge in [0.1, 0.15) is 10.8 Å². The Balaban J connectivity index is 3.56. The van der Waals surface area contributed by atoms with Gasteiger partial charge in [-0.1, -0.05) is 46.4 Å². The molecule has 0 aliphatic heterocycles. The Kier molecular flexibility index (Phi) is 3.58. The second kappa shape index (κ2) is 4.14. The second-order valence-electron chi connectivity index (χ2n) is 2.41. The van der Waals surface area contributed by atoms with E-state index in [4.69, 9.17) is 51.1 Å². The average molecular weight is 260 g/mol. The van der Waals surface area contributed by atoms with Gasteiger partial charge in [0.2, 0.25) is 0 Å². The Hall–Kier alpha value is 0.180. The number of benzene rings is 1. The highest BCUT2D eigenvalue weighted by Gasteiger charge is 2.17. The summed E-state index contributed by atoms with van der Waals surface area (Å²) in [5.74, 6) is 0.459. The highest BCUT2D eigenvalue weighted by molar-refractivity contribution is 6.52. The van der Waals surface area contributed by atoms with Gasteiger partial charge in [-0.15, -0.1) is 0 Å². The summed E-state index contributed by atoms with van der Waals surface area (Å²) in [6.07, 6.45) is 0. The molecule has 0 saturated heterocycles. The molecule has 0 atom stereocenters. The fourth-order valence-corrected chi connectivity index (χ4v) is 1.97. The molecule has 1 aromatic carbocycles. The molecule has 72 valence electrons. The van der Waals surface area contributed by atoms with E-state index in [1.807, 2.05) is 0 Å². The third-order valence-electron chi connectivity index (χ3n) is 1.65. The van der Waals surface area contributed by atoms with E-state index < -0.39 is 0 Å². The van der Waals surface area contributed by atoms with Crippen LogP contribution in [0, 0.1) is 6.92 Å². The molecule has 0 aliphatic carbocycles. The van der Waals surface area contributed by atoms with Crippen LogP contribution >= 0.6 is 46.4 Å². The lowest BCUT2D eigenvalue weighted by molar-refractivity contribution is 0.412. The molecule has 13 heavy (non-hydrogen) atoms. The first-order valence-electron chi connectivity index (χ1n) is 3.37. The fraction of sp³-hybridized carbons (Fsp3) is 0.250. The highest BCUT2D eigenvalue weighted by atomic mass is 35.5. The molecule has 0 spiro atoms. The maximum atomic E-state index is 5.88. The van der Waals surface area contributed by atoms with E-state index in [9.17, 15) is 0 Å². The number of halogens is 4. The normalized spacial score (nSPS) is 10.3. The first-order chi connectivity index (χ1) is 6.00. The van der Waals surface area contributed by atoms with Crippen LogP contribution in [0.15, 0.2) is 0 Å². The summed E-state index contributed by atoms with van der Waals surface area (Å²) in [4.78, 5) is 0. The van der Waals surface area contributed by atoms with Crippen molar-refractivity contribution in [3.63, 3.8) is 0 Å². The molecule has 0 saturated carbocycles. The molecule has 5 heteroatoms. The molecular formula is C8H6Cl4O. The van der Waals surface area contributed by atoms with Gasteiger partial charge in [0.05, 0.1) is 22.2 Å². The molecule has 0 heterocycles. The van der Waals surface area contributed by atoms with Crippen molar-refractivity contribution < 1.29 is 4.74 Å². The number of rotatable bonds is 1. The lowest BCUT2D eigenvalue weighted by Gasteiger charge is -2.11. The number of hydrogen-bond donors (Lipinski definition) is 0. The van der Waals surface area contributed by atoms with Crippen LogP contribution in [-0.4, -0.2) is 7.11 Å². The molecule has 1 aromatic rings. The maximum Gasteiger partial charge on any atom is 0.143 e. The van der Waals surface area contributed by atoms with Gasteiger partial charge in [-0.25, -0.2) is 0 Å². The summed E-state index contributed by atoms with van der Waals surface area (Å²) in [6, 6.07) is 0. The Labute approximate surface area is 96.5 Å². The van der Waals surface area contributed by atoms with Crippen molar-refractivity contribution in [2.75, 3.05) is 7.11 Å². The lowest BCUT2D eigenvalue weighted by atomic mass is 10.2. The molecule has 0 aliphatic rings. The summed E-state index contributed by atoms with van der Waals surface area (Å²) >= 11 is 23.4. The van der Waals surface area contributed by atoms with Crippen LogP contribution in [0.25, 0.3) is 0 Å². The van der Waals surface area contributed by atoms with Crippen molar-refractivity contribution in [3.8, 4) is 5.75 Å². The minimum absolute atomic E-state index is 0.218. The highest BCUT2D eigenvalue weighted by Crippen LogP contribution is 2.44. The minimum atomic E-state index is 0.218. The fourth-order valence-electron chi connectivity index (χ4n) is 0.964. The second-order valence-corrected chi connectivity index (χ2v) is 3.93. The zero-order chi connectivity index (χ0) is 10.2. The topological polar surface area (TPSA) is 9.23 Å². The van der Waals surface area contributed by atoms with Crippen LogP contribution in [0.4, 0.5) is 0 Å². The predicted molar refractivity (Wildman–Crippen MR) is 57.8 cm³/mol. The van der Waals surface area contributed by atoms with Crippen LogP contribution in [0.1, 0.15) is 5.56 Å². The van der Waals surface area contributed by atoms with Crippen molar-refractivity contribution in [2.24, 2.45) is 0 Å². The summed E-state index contributed by atoms with van der Waals surface area (Å²) < 4.78 is 5.03. The van der Waals surface area contributed by atoms with Crippen LogP contribution in [0.2, 0.25) is 20.1 Å². The molecule has 0 aromatic heterocycles. The predicted octanol–water partition coefficient (Wildman–Crippen LogP) is 4.62. The van der Waals surface area contributed by atoms with E-state index in [1.165, 1.54) is 7.11 Å². The third kappa shape index (κ3) is 1.84. The van der Waals surface area contributed by atoms with Crippen LogP contribution in [-0.2, 0) is 0 Å². The van der Waals surface area contributed by atoms with E-state index in [-0.39, 0.29) is 15.1 Å². The first-order valence-corrected chi connectivity index (χ1v) is 4.88. The number of hydrogen-bond acceptors (Lipinski definition) is 1. The number of methoxy groups -OCH3 is 1. The molecule has 1 nitrogen and oxygen atoms in total. The maximum absolute atomic E-state index is 5.88. The van der Waals surface area contributed by atoms with E-state index in [0.717, 1.165) is 0 Å². The van der Waals surface area contributed by atoms with E-state index in [1.54, 1.807) is 6.92 Å². The summed E-state index contributed by atoms with van der Waals surface area (Å²) in [7, 11) is 1.49. The summed E-state index contributed by atoms with van der Waals surface area (Å²) in [5, 5.41) is 1.13. The van der Waals surface area contributed by atoms with Crippen molar-refractivity contribution in [2.45, 2.75) is 6.92 Å². The Morgan fingerprint density at radius 1 is 0.846 bits per heavy atom. The molecular weight excluding hydrogens is 254 g/mol. The Morgan fingerprint density at radius 2 is 1.31 bits per heavy atom. The summed E-state index contributed by atoms with van der Waals surface area (Å²) in [6.45, 7) is 1.76. The van der Waals surface area contributed by atoms with Gasteiger partial charge in [0.25, 0.3) is 0 Å². The van der Waals surface area contributed by atoms with Crippen LogP contribution in [0.3, 0.4) is 0 Å². The third-order valence-corrected chi connectivity index (χ3v) is 3.53. The van der Waals surface area contributed by atoms with E-state index in [0.29, 0.717) is 16.3 Å². The first kappa shape index (κ1) is 11.3. The molecule has 0 N–H and O–H groups in total. The smallest absolute Gasteiger partial charge is 0.143 e. The van der Waals surface area contributed by atoms with Crippen molar-refractivity contribution in [1.29, 1.82) is 0 Å². The van der Waals surface area contributed by atoms with Crippen molar-refractivity contribution in [3.05, 3.63) is 25.7 Å². The van der Waals surface area contributed by atoms with Gasteiger partial charge >= 0.3 is 0 Å². The van der Waals surface area contributed by atoms with Gasteiger partial charge in [0.15, 0.2) is 0 Å². The monoisotopic (exact) mass is 258 g/mol. The number of ether oxygens (including phenoxy) is 1. The molecule has 0 unspecified atom stereocenters. The van der Waals surface area contributed by atoms with E-state index in [2.05, 4.69) is 0 Å². The van der Waals surface area contributed by atoms with Gasteiger partial charge in [-0.3, -0.25) is 0 Å². The van der Waals surface area contributed by atoms with Gasteiger partial charge in [-0.2, -0.15) is 0 Å². The van der Waals surface area contributed by atoms with Gasteiger partial charge in [0, 0.05) is 5.56 Å². The molecule has 0 amide bonds.